The summed E-state index contributed by atoms with van der Waals surface area (Å²) >= 11 is 0. The number of hydrogen-bond donors (Lipinski definition) is 2. The third-order valence-electron chi connectivity index (χ3n) is 4.24. The lowest BCUT2D eigenvalue weighted by Gasteiger charge is -2.32. The van der Waals surface area contributed by atoms with Crippen molar-refractivity contribution in [2.75, 3.05) is 5.32 Å². The van der Waals surface area contributed by atoms with Crippen LogP contribution in [0.1, 0.15) is 38.1 Å². The van der Waals surface area contributed by atoms with Crippen LogP contribution < -0.4 is 10.8 Å². The van der Waals surface area contributed by atoms with Crippen molar-refractivity contribution in [2.24, 2.45) is 0 Å². The number of aromatic nitrogens is 4. The minimum Gasteiger partial charge on any atom is -0.399 e. The number of aromatic amines is 1. The molecule has 9 heteroatoms. The monoisotopic (exact) mass is 315 g/mol. The molecule has 2 aromatic rings. The molecule has 1 saturated heterocycles. The molecule has 1 fully saturated rings. The van der Waals surface area contributed by atoms with E-state index in [4.69, 9.17) is 9.31 Å². The summed E-state index contributed by atoms with van der Waals surface area (Å²) < 4.78 is 12.0. The normalized spacial score (nSPS) is 18.9. The minimum atomic E-state index is -0.516. The number of hydrogen-bond acceptors (Lipinski definition) is 6. The molecule has 0 atom stereocenters. The second-order valence-electron chi connectivity index (χ2n) is 6.40. The molecular weight excluding hydrogens is 297 g/mol. The average Bonchev–Trinajstić information content (AvgIpc) is 3.05. The molecule has 1 aliphatic heterocycles. The van der Waals surface area contributed by atoms with Crippen LogP contribution in [0.2, 0.25) is 0 Å². The third kappa shape index (κ3) is 2.97. The Morgan fingerprint density at radius 1 is 1.22 bits per heavy atom. The van der Waals surface area contributed by atoms with Gasteiger partial charge in [-0.05, 0) is 50.5 Å². The van der Waals surface area contributed by atoms with Gasteiger partial charge >= 0.3 is 7.12 Å². The van der Waals surface area contributed by atoms with Gasteiger partial charge in [-0.25, -0.2) is 0 Å². The highest BCUT2D eigenvalue weighted by atomic mass is 16.7. The summed E-state index contributed by atoms with van der Waals surface area (Å²) in [4.78, 5) is 12.2. The molecule has 2 heterocycles. The van der Waals surface area contributed by atoms with Gasteiger partial charge in [0, 0.05) is 5.56 Å². The quantitative estimate of drug-likeness (QED) is 0.811. The van der Waals surface area contributed by atoms with E-state index in [1.165, 1.54) is 0 Å². The van der Waals surface area contributed by atoms with Gasteiger partial charge in [0.1, 0.15) is 0 Å². The standard InChI is InChI=1S/C14H18BN5O3/c1-13(2)14(3,4)23-15(22-13)10-7-5-6-9(8-10)11(21)16-12-17-19-20-18-12/h5-8H,1-4H3,(H2,16,17,18,19,20,21). The van der Waals surface area contributed by atoms with Crippen LogP contribution in [0.15, 0.2) is 24.3 Å². The summed E-state index contributed by atoms with van der Waals surface area (Å²) in [5.41, 5.74) is 0.382. The lowest BCUT2D eigenvalue weighted by atomic mass is 9.78. The fraction of sp³-hybridized carbons (Fsp3) is 0.429. The van der Waals surface area contributed by atoms with E-state index in [0.717, 1.165) is 5.46 Å². The van der Waals surface area contributed by atoms with Crippen molar-refractivity contribution < 1.29 is 14.1 Å². The smallest absolute Gasteiger partial charge is 0.399 e. The molecule has 0 spiro atoms. The Balaban J connectivity index is 1.79. The minimum absolute atomic E-state index is 0.121. The Morgan fingerprint density at radius 3 is 2.52 bits per heavy atom. The first-order chi connectivity index (χ1) is 10.8. The number of nitrogens with one attached hydrogen (secondary N) is 2. The van der Waals surface area contributed by atoms with Gasteiger partial charge in [0.2, 0.25) is 0 Å². The molecule has 0 saturated carbocycles. The summed E-state index contributed by atoms with van der Waals surface area (Å²) in [5, 5.41) is 15.6. The second-order valence-corrected chi connectivity index (χ2v) is 6.40. The molecule has 1 aliphatic rings. The van der Waals surface area contributed by atoms with Gasteiger partial charge < -0.3 is 9.31 Å². The zero-order valence-electron chi connectivity index (χ0n) is 13.5. The van der Waals surface area contributed by atoms with Crippen LogP contribution in [0.5, 0.6) is 0 Å². The molecular formula is C14H18BN5O3. The zero-order chi connectivity index (χ0) is 16.7. The lowest BCUT2D eigenvalue weighted by molar-refractivity contribution is 0.00578. The van der Waals surface area contributed by atoms with Gasteiger partial charge in [-0.2, -0.15) is 5.21 Å². The van der Waals surface area contributed by atoms with Gasteiger partial charge in [0.25, 0.3) is 11.9 Å². The van der Waals surface area contributed by atoms with E-state index >= 15 is 0 Å². The van der Waals surface area contributed by atoms with Crippen molar-refractivity contribution in [2.45, 2.75) is 38.9 Å². The molecule has 23 heavy (non-hydrogen) atoms. The van der Waals surface area contributed by atoms with E-state index in [1.807, 2.05) is 33.8 Å². The van der Waals surface area contributed by atoms with Crippen LogP contribution in [0.4, 0.5) is 5.95 Å². The Hall–Kier alpha value is -2.26. The molecule has 0 radical (unpaired) electrons. The molecule has 2 N–H and O–H groups in total. The van der Waals surface area contributed by atoms with Crippen molar-refractivity contribution in [3.05, 3.63) is 29.8 Å². The first kappa shape index (κ1) is 15.6. The van der Waals surface area contributed by atoms with Gasteiger partial charge in [0.15, 0.2) is 0 Å². The van der Waals surface area contributed by atoms with E-state index < -0.39 is 18.3 Å². The van der Waals surface area contributed by atoms with Crippen LogP contribution >= 0.6 is 0 Å². The summed E-state index contributed by atoms with van der Waals surface area (Å²) in [6.07, 6.45) is 0. The van der Waals surface area contributed by atoms with Crippen LogP contribution in [0.25, 0.3) is 0 Å². The van der Waals surface area contributed by atoms with E-state index in [-0.39, 0.29) is 11.9 Å². The summed E-state index contributed by atoms with van der Waals surface area (Å²) in [5.74, 6) is -0.208. The Bertz CT molecular complexity index is 701. The molecule has 0 unspecified atom stereocenters. The molecule has 1 amide bonds. The van der Waals surface area contributed by atoms with Crippen molar-refractivity contribution in [1.29, 1.82) is 0 Å². The maximum atomic E-state index is 12.2. The predicted molar refractivity (Wildman–Crippen MR) is 84.3 cm³/mol. The highest BCUT2D eigenvalue weighted by Crippen LogP contribution is 2.36. The fourth-order valence-corrected chi connectivity index (χ4v) is 2.19. The topological polar surface area (TPSA) is 102 Å². The van der Waals surface area contributed by atoms with Crippen LogP contribution in [0, 0.1) is 0 Å². The molecule has 0 bridgehead atoms. The van der Waals surface area contributed by atoms with Gasteiger partial charge in [-0.3, -0.25) is 10.1 Å². The second kappa shape index (κ2) is 5.43. The van der Waals surface area contributed by atoms with Gasteiger partial charge in [-0.15, -0.1) is 5.10 Å². The Kier molecular flexibility index (Phi) is 3.69. The summed E-state index contributed by atoms with van der Waals surface area (Å²) in [6.45, 7) is 7.94. The highest BCUT2D eigenvalue weighted by molar-refractivity contribution is 6.62. The Morgan fingerprint density at radius 2 is 1.91 bits per heavy atom. The summed E-state index contributed by atoms with van der Waals surface area (Å²) in [7, 11) is -0.516. The average molecular weight is 315 g/mol. The number of carbonyl (C=O) groups excluding carboxylic acids is 1. The van der Waals surface area contributed by atoms with Crippen LogP contribution in [-0.4, -0.2) is 44.9 Å². The van der Waals surface area contributed by atoms with Crippen LogP contribution in [-0.2, 0) is 9.31 Å². The number of amides is 1. The van der Waals surface area contributed by atoms with E-state index in [9.17, 15) is 4.79 Å². The number of benzene rings is 1. The van der Waals surface area contributed by atoms with Crippen LogP contribution in [0.3, 0.4) is 0 Å². The first-order valence-corrected chi connectivity index (χ1v) is 7.29. The predicted octanol–water partition coefficient (Wildman–Crippen LogP) is 0.751. The molecule has 3 rings (SSSR count). The van der Waals surface area contributed by atoms with Crippen molar-refractivity contribution >= 4 is 24.4 Å². The largest absolute Gasteiger partial charge is 0.494 e. The van der Waals surface area contributed by atoms with E-state index in [2.05, 4.69) is 25.9 Å². The lowest BCUT2D eigenvalue weighted by Crippen LogP contribution is -2.41. The van der Waals surface area contributed by atoms with Crippen molar-refractivity contribution in [1.82, 2.24) is 20.6 Å². The number of carbonyl (C=O) groups is 1. The number of nitrogens with zero attached hydrogens (tertiary/aromatic N) is 3. The van der Waals surface area contributed by atoms with Crippen molar-refractivity contribution in [3.63, 3.8) is 0 Å². The number of anilines is 1. The first-order valence-electron chi connectivity index (χ1n) is 7.29. The molecule has 1 aromatic carbocycles. The molecule has 8 nitrogen and oxygen atoms in total. The maximum absolute atomic E-state index is 12.2. The number of rotatable bonds is 3. The number of tetrazole rings is 1. The third-order valence-corrected chi connectivity index (χ3v) is 4.24. The fourth-order valence-electron chi connectivity index (χ4n) is 2.19. The van der Waals surface area contributed by atoms with Gasteiger partial charge in [-0.1, -0.05) is 17.2 Å². The highest BCUT2D eigenvalue weighted by Gasteiger charge is 2.51. The maximum Gasteiger partial charge on any atom is 0.494 e. The SMILES string of the molecule is CC1(C)OB(c2cccc(C(=O)Nc3nn[nH]n3)c2)OC1(C)C. The summed E-state index contributed by atoms with van der Waals surface area (Å²) in [6, 6.07) is 7.08. The van der Waals surface area contributed by atoms with Crippen molar-refractivity contribution in [3.8, 4) is 0 Å². The van der Waals surface area contributed by atoms with E-state index in [0.29, 0.717) is 5.56 Å². The number of H-pyrrole nitrogens is 1. The molecule has 120 valence electrons. The molecule has 1 aromatic heterocycles. The van der Waals surface area contributed by atoms with E-state index in [1.54, 1.807) is 18.2 Å². The molecule has 0 aliphatic carbocycles. The zero-order valence-corrected chi connectivity index (χ0v) is 13.5. The van der Waals surface area contributed by atoms with Gasteiger partial charge in [0.05, 0.1) is 11.2 Å². The Labute approximate surface area is 134 Å².